The van der Waals surface area contributed by atoms with E-state index in [0.717, 1.165) is 4.48 Å². The van der Waals surface area contributed by atoms with E-state index in [2.05, 4.69) is 15.9 Å². The van der Waals surface area contributed by atoms with Crippen molar-refractivity contribution in [3.63, 3.8) is 0 Å². The van der Waals surface area contributed by atoms with Crippen LogP contribution in [0.5, 0.6) is 0 Å². The third-order valence-electron chi connectivity index (χ3n) is 1.22. The molecular formula is C6H9Br2NO. The molecule has 0 atom stereocenters. The topological polar surface area (TPSA) is 34.8 Å². The molecule has 0 unspecified atom stereocenters. The highest BCUT2D eigenvalue weighted by Crippen LogP contribution is 2.30. The summed E-state index contributed by atoms with van der Waals surface area (Å²) in [7, 11) is 0. The van der Waals surface area contributed by atoms with E-state index in [0.29, 0.717) is 5.90 Å². The van der Waals surface area contributed by atoms with Crippen LogP contribution in [0.2, 0.25) is 0 Å². The zero-order valence-electron chi connectivity index (χ0n) is 5.82. The molecule has 0 saturated carbocycles. The molecule has 1 aliphatic rings. The number of rotatable bonds is 0. The van der Waals surface area contributed by atoms with Gasteiger partial charge in [0.15, 0.2) is 0 Å². The molecule has 58 valence electrons. The average Bonchev–Trinajstić information content (AvgIpc) is 1.79. The average molecular weight is 271 g/mol. The van der Waals surface area contributed by atoms with E-state index in [1.165, 1.54) is 0 Å². The minimum Gasteiger partial charge on any atom is -1.00 e. The van der Waals surface area contributed by atoms with Gasteiger partial charge in [-0.2, -0.15) is 0 Å². The van der Waals surface area contributed by atoms with Crippen LogP contribution >= 0.6 is 15.9 Å². The van der Waals surface area contributed by atoms with E-state index in [4.69, 9.17) is 10.1 Å². The lowest BCUT2D eigenvalue weighted by molar-refractivity contribution is -0.143. The maximum Gasteiger partial charge on any atom is 0.360 e. The van der Waals surface area contributed by atoms with Gasteiger partial charge in [0.1, 0.15) is 5.60 Å². The van der Waals surface area contributed by atoms with E-state index in [-0.39, 0.29) is 22.6 Å². The number of hydrogen-bond donors (Lipinski definition) is 1. The van der Waals surface area contributed by atoms with E-state index < -0.39 is 0 Å². The molecule has 0 aromatic rings. The minimum absolute atomic E-state index is 0. The van der Waals surface area contributed by atoms with Crippen LogP contribution in [0.15, 0.2) is 10.6 Å². The summed E-state index contributed by atoms with van der Waals surface area (Å²) in [4.78, 5) is 0. The van der Waals surface area contributed by atoms with Crippen LogP contribution in [-0.4, -0.2) is 11.5 Å². The summed E-state index contributed by atoms with van der Waals surface area (Å²) in [6, 6.07) is 0. The highest BCUT2D eigenvalue weighted by molar-refractivity contribution is 9.11. The van der Waals surface area contributed by atoms with Crippen LogP contribution in [0, 0.1) is 0 Å². The van der Waals surface area contributed by atoms with Crippen LogP contribution in [-0.2, 0) is 4.74 Å². The Bertz CT molecular complexity index is 186. The molecule has 0 aromatic carbocycles. The molecule has 1 aliphatic heterocycles. The maximum atomic E-state index is 5.39. The minimum atomic E-state index is -0.260. The Morgan fingerprint density at radius 2 is 2.10 bits per heavy atom. The van der Waals surface area contributed by atoms with E-state index in [1.54, 1.807) is 6.08 Å². The molecule has 0 radical (unpaired) electrons. The summed E-state index contributed by atoms with van der Waals surface area (Å²) < 4.78 is 6.21. The molecule has 0 amide bonds. The summed E-state index contributed by atoms with van der Waals surface area (Å²) in [5.41, 5.74) is -0.260. The van der Waals surface area contributed by atoms with Crippen LogP contribution in [0.3, 0.4) is 0 Å². The van der Waals surface area contributed by atoms with Gasteiger partial charge in [-0.15, -0.1) is 0 Å². The number of ether oxygens (including phenoxy) is 1. The summed E-state index contributed by atoms with van der Waals surface area (Å²) in [6.07, 6.45) is 1.78. The Hall–Kier alpha value is 0.170. The van der Waals surface area contributed by atoms with Crippen molar-refractivity contribution in [2.45, 2.75) is 19.4 Å². The lowest BCUT2D eigenvalue weighted by atomic mass is 10.1. The first-order chi connectivity index (χ1) is 4.02. The van der Waals surface area contributed by atoms with Crippen LogP contribution < -0.4 is 22.4 Å². The van der Waals surface area contributed by atoms with Gasteiger partial charge < -0.3 is 21.7 Å². The molecular weight excluding hydrogens is 262 g/mol. The normalized spacial score (nSPS) is 21.1. The van der Waals surface area contributed by atoms with Crippen molar-refractivity contribution < 1.29 is 27.1 Å². The fourth-order valence-corrected chi connectivity index (χ4v) is 0.978. The van der Waals surface area contributed by atoms with Gasteiger partial charge in [-0.3, -0.25) is 0 Å². The third-order valence-corrected chi connectivity index (χ3v) is 2.40. The molecule has 10 heavy (non-hydrogen) atoms. The predicted molar refractivity (Wildman–Crippen MR) is 39.1 cm³/mol. The number of nitrogens with two attached hydrogens (primary N) is 1. The highest BCUT2D eigenvalue weighted by Gasteiger charge is 2.32. The lowest BCUT2D eigenvalue weighted by Gasteiger charge is -2.16. The van der Waals surface area contributed by atoms with Crippen molar-refractivity contribution in [2.75, 3.05) is 0 Å². The Kier molecular flexibility index (Phi) is 3.10. The fraction of sp³-hybridized carbons (Fsp3) is 0.500. The van der Waals surface area contributed by atoms with Gasteiger partial charge in [0.25, 0.3) is 0 Å². The first-order valence-corrected chi connectivity index (χ1v) is 3.51. The Morgan fingerprint density at radius 3 is 2.20 bits per heavy atom. The van der Waals surface area contributed by atoms with Gasteiger partial charge in [-0.25, -0.2) is 5.41 Å². The van der Waals surface area contributed by atoms with Crippen molar-refractivity contribution in [1.29, 1.82) is 0 Å². The zero-order chi connectivity index (χ0) is 7.07. The van der Waals surface area contributed by atoms with Crippen molar-refractivity contribution in [1.82, 2.24) is 0 Å². The molecule has 0 aromatic heterocycles. The van der Waals surface area contributed by atoms with Crippen LogP contribution in [0.4, 0.5) is 0 Å². The van der Waals surface area contributed by atoms with E-state index >= 15 is 0 Å². The summed E-state index contributed by atoms with van der Waals surface area (Å²) in [5, 5.41) is 5.39. The molecule has 0 aliphatic carbocycles. The highest BCUT2D eigenvalue weighted by atomic mass is 79.9. The molecule has 1 rings (SSSR count). The Labute approximate surface area is 79.0 Å². The van der Waals surface area contributed by atoms with Crippen molar-refractivity contribution in [2.24, 2.45) is 0 Å². The van der Waals surface area contributed by atoms with Crippen molar-refractivity contribution in [3.8, 4) is 0 Å². The summed E-state index contributed by atoms with van der Waals surface area (Å²) in [6.45, 7) is 3.90. The molecule has 2 N–H and O–H groups in total. The smallest absolute Gasteiger partial charge is 0.360 e. The summed E-state index contributed by atoms with van der Waals surface area (Å²) >= 11 is 3.34. The molecule has 1 heterocycles. The van der Waals surface area contributed by atoms with Gasteiger partial charge >= 0.3 is 5.90 Å². The fourth-order valence-electron chi connectivity index (χ4n) is 0.672. The second-order valence-electron chi connectivity index (χ2n) is 2.51. The van der Waals surface area contributed by atoms with E-state index in [9.17, 15) is 0 Å². The van der Waals surface area contributed by atoms with Crippen molar-refractivity contribution in [3.05, 3.63) is 10.6 Å². The molecule has 0 fully saturated rings. The molecule has 4 heteroatoms. The van der Waals surface area contributed by atoms with Gasteiger partial charge in [0.05, 0.1) is 6.08 Å². The largest absolute Gasteiger partial charge is 1.00 e. The second kappa shape index (κ2) is 3.05. The summed E-state index contributed by atoms with van der Waals surface area (Å²) in [5.74, 6) is 0.479. The zero-order valence-corrected chi connectivity index (χ0v) is 8.99. The predicted octanol–water partition coefficient (Wildman–Crippen LogP) is -2.76. The standard InChI is InChI=1S/C6H8BrNO.BrH/c1-6(2)4(7)3-5(8)9-6;/h3,8H,1-2H3;1H. The monoisotopic (exact) mass is 269 g/mol. The lowest BCUT2D eigenvalue weighted by Crippen LogP contribution is -3.00. The van der Waals surface area contributed by atoms with Crippen LogP contribution in [0.25, 0.3) is 0 Å². The van der Waals surface area contributed by atoms with Gasteiger partial charge in [0.2, 0.25) is 0 Å². The SMILES string of the molecule is CC1(C)OC(=[NH2+])C=C1Br.[Br-]. The Balaban J connectivity index is 0.000000810. The second-order valence-corrected chi connectivity index (χ2v) is 3.36. The maximum absolute atomic E-state index is 5.39. The van der Waals surface area contributed by atoms with Crippen molar-refractivity contribution >= 4 is 21.8 Å². The molecule has 0 spiro atoms. The first-order valence-electron chi connectivity index (χ1n) is 2.71. The van der Waals surface area contributed by atoms with E-state index in [1.807, 2.05) is 13.8 Å². The van der Waals surface area contributed by atoms with Gasteiger partial charge in [0, 0.05) is 4.48 Å². The van der Waals surface area contributed by atoms with Gasteiger partial charge in [-0.05, 0) is 13.8 Å². The first kappa shape index (κ1) is 10.2. The number of halogens is 2. The number of hydrogen-bond acceptors (Lipinski definition) is 1. The molecule has 2 nitrogen and oxygen atoms in total. The Morgan fingerprint density at radius 1 is 1.60 bits per heavy atom. The molecule has 0 saturated heterocycles. The van der Waals surface area contributed by atoms with Gasteiger partial charge in [-0.1, -0.05) is 15.9 Å². The third kappa shape index (κ3) is 1.83. The quantitative estimate of drug-likeness (QED) is 0.509. The van der Waals surface area contributed by atoms with Crippen LogP contribution in [0.1, 0.15) is 13.8 Å². The molecule has 0 bridgehead atoms.